The van der Waals surface area contributed by atoms with Gasteiger partial charge in [0.15, 0.2) is 0 Å². The lowest BCUT2D eigenvalue weighted by molar-refractivity contribution is 0.530. The lowest BCUT2D eigenvalue weighted by Crippen LogP contribution is -2.27. The predicted molar refractivity (Wildman–Crippen MR) is 72.6 cm³/mol. The largest absolute Gasteiger partial charge is 0.309 e. The summed E-state index contributed by atoms with van der Waals surface area (Å²) < 4.78 is 23.1. The van der Waals surface area contributed by atoms with Gasteiger partial charge in [0.25, 0.3) is 0 Å². The van der Waals surface area contributed by atoms with Crippen LogP contribution in [-0.4, -0.2) is 26.5 Å². The molecule has 1 aromatic heterocycles. The van der Waals surface area contributed by atoms with Gasteiger partial charge >= 0.3 is 0 Å². The molecule has 1 aromatic rings. The molecule has 1 atom stereocenters. The van der Waals surface area contributed by atoms with Crippen molar-refractivity contribution in [3.63, 3.8) is 0 Å². The fourth-order valence-electron chi connectivity index (χ4n) is 1.21. The van der Waals surface area contributed by atoms with Crippen LogP contribution in [-0.2, 0) is 16.4 Å². The van der Waals surface area contributed by atoms with E-state index in [2.05, 4.69) is 27.3 Å². The molecule has 0 fully saturated rings. The molecule has 0 saturated heterocycles. The van der Waals surface area contributed by atoms with Gasteiger partial charge in [0.1, 0.15) is 9.84 Å². The fraction of sp³-hybridized carbons (Fsp3) is 0.600. The van der Waals surface area contributed by atoms with Gasteiger partial charge in [-0.25, -0.2) is 8.42 Å². The van der Waals surface area contributed by atoms with E-state index in [4.69, 9.17) is 0 Å². The fourth-order valence-corrected chi connectivity index (χ4v) is 3.43. The first-order valence-corrected chi connectivity index (χ1v) is 8.69. The molecule has 3 nitrogen and oxygen atoms in total. The number of thiophene rings is 1. The minimum atomic E-state index is -2.84. The van der Waals surface area contributed by atoms with E-state index >= 15 is 0 Å². The van der Waals surface area contributed by atoms with Gasteiger partial charge in [-0.3, -0.25) is 0 Å². The summed E-state index contributed by atoms with van der Waals surface area (Å²) in [6.45, 7) is 2.80. The van der Waals surface area contributed by atoms with Crippen LogP contribution in [0.2, 0.25) is 0 Å². The molecular formula is C10H16BrNO2S2. The minimum absolute atomic E-state index is 0.218. The van der Waals surface area contributed by atoms with Crippen LogP contribution in [0.3, 0.4) is 0 Å². The summed E-state index contributed by atoms with van der Waals surface area (Å²) in [7, 11) is -2.84. The van der Waals surface area contributed by atoms with E-state index < -0.39 is 9.84 Å². The van der Waals surface area contributed by atoms with E-state index in [1.54, 1.807) is 11.3 Å². The first kappa shape index (κ1) is 14.2. The molecule has 6 heteroatoms. The summed E-state index contributed by atoms with van der Waals surface area (Å²) >= 11 is 5.10. The highest BCUT2D eigenvalue weighted by Gasteiger charge is 2.07. The van der Waals surface area contributed by atoms with E-state index in [0.29, 0.717) is 6.42 Å². The Morgan fingerprint density at radius 3 is 2.69 bits per heavy atom. The zero-order valence-electron chi connectivity index (χ0n) is 9.36. The van der Waals surface area contributed by atoms with E-state index in [9.17, 15) is 8.42 Å². The van der Waals surface area contributed by atoms with E-state index in [0.717, 1.165) is 10.3 Å². The molecular weight excluding hydrogens is 310 g/mol. The van der Waals surface area contributed by atoms with Crippen molar-refractivity contribution in [3.05, 3.63) is 20.8 Å². The van der Waals surface area contributed by atoms with Gasteiger partial charge in [0.05, 0.1) is 9.54 Å². The van der Waals surface area contributed by atoms with E-state index in [1.165, 1.54) is 11.1 Å². The third-order valence-electron chi connectivity index (χ3n) is 2.18. The van der Waals surface area contributed by atoms with Gasteiger partial charge in [-0.2, -0.15) is 0 Å². The SMILES string of the molecule is CC(CCS(C)(=O)=O)NCc1ccc(Br)s1. The van der Waals surface area contributed by atoms with Crippen LogP contribution >= 0.6 is 27.3 Å². The highest BCUT2D eigenvalue weighted by Crippen LogP contribution is 2.21. The van der Waals surface area contributed by atoms with Crippen molar-refractivity contribution in [2.45, 2.75) is 25.9 Å². The molecule has 0 amide bonds. The van der Waals surface area contributed by atoms with Gasteiger partial charge in [-0.15, -0.1) is 11.3 Å². The van der Waals surface area contributed by atoms with E-state index in [1.807, 2.05) is 13.0 Å². The lowest BCUT2D eigenvalue weighted by atomic mass is 10.2. The topological polar surface area (TPSA) is 46.2 Å². The van der Waals surface area contributed by atoms with Crippen LogP contribution in [0.1, 0.15) is 18.2 Å². The van der Waals surface area contributed by atoms with Crippen LogP contribution < -0.4 is 5.32 Å². The highest BCUT2D eigenvalue weighted by molar-refractivity contribution is 9.11. The number of sulfone groups is 1. The number of hydrogen-bond acceptors (Lipinski definition) is 4. The molecule has 16 heavy (non-hydrogen) atoms. The normalized spacial score (nSPS) is 13.9. The maximum atomic E-state index is 11.0. The summed E-state index contributed by atoms with van der Waals surface area (Å²) in [5, 5.41) is 3.31. The molecule has 1 heterocycles. The Labute approximate surface area is 109 Å². The van der Waals surface area contributed by atoms with Gasteiger partial charge in [0, 0.05) is 23.7 Å². The van der Waals surface area contributed by atoms with Crippen molar-refractivity contribution < 1.29 is 8.42 Å². The quantitative estimate of drug-likeness (QED) is 0.873. The molecule has 1 unspecified atom stereocenters. The Bertz CT molecular complexity index is 428. The molecule has 0 spiro atoms. The molecule has 1 rings (SSSR count). The number of hydrogen-bond donors (Lipinski definition) is 1. The second-order valence-electron chi connectivity index (χ2n) is 3.91. The van der Waals surface area contributed by atoms with Crippen LogP contribution in [0.5, 0.6) is 0 Å². The average molecular weight is 326 g/mol. The smallest absolute Gasteiger partial charge is 0.147 e. The maximum Gasteiger partial charge on any atom is 0.147 e. The first-order valence-electron chi connectivity index (χ1n) is 5.02. The van der Waals surface area contributed by atoms with Crippen LogP contribution in [0.15, 0.2) is 15.9 Å². The van der Waals surface area contributed by atoms with Crippen LogP contribution in [0, 0.1) is 0 Å². The second kappa shape index (κ2) is 6.14. The van der Waals surface area contributed by atoms with Crippen molar-refractivity contribution in [3.8, 4) is 0 Å². The Balaban J connectivity index is 2.28. The molecule has 0 bridgehead atoms. The molecule has 0 aliphatic rings. The second-order valence-corrected chi connectivity index (χ2v) is 8.71. The summed E-state index contributed by atoms with van der Waals surface area (Å²) in [5.41, 5.74) is 0. The molecule has 0 aliphatic carbocycles. The molecule has 0 radical (unpaired) electrons. The van der Waals surface area contributed by atoms with Crippen molar-refractivity contribution in [2.75, 3.05) is 12.0 Å². The summed E-state index contributed by atoms with van der Waals surface area (Å²) in [5.74, 6) is 0.245. The maximum absolute atomic E-state index is 11.0. The molecule has 1 N–H and O–H groups in total. The minimum Gasteiger partial charge on any atom is -0.309 e. The van der Waals surface area contributed by atoms with Crippen LogP contribution in [0.4, 0.5) is 0 Å². The number of rotatable bonds is 6. The molecule has 0 saturated carbocycles. The molecule has 92 valence electrons. The van der Waals surface area contributed by atoms with Crippen molar-refractivity contribution in [1.29, 1.82) is 0 Å². The van der Waals surface area contributed by atoms with Gasteiger partial charge < -0.3 is 5.32 Å². The summed E-state index contributed by atoms with van der Waals surface area (Å²) in [6.07, 6.45) is 1.93. The van der Waals surface area contributed by atoms with Crippen molar-refractivity contribution >= 4 is 37.1 Å². The standard InChI is InChI=1S/C10H16BrNO2S2/c1-8(5-6-16(2,13)14)12-7-9-3-4-10(11)15-9/h3-4,8,12H,5-7H2,1-2H3. The monoisotopic (exact) mass is 325 g/mol. The Kier molecular flexibility index (Phi) is 5.43. The zero-order chi connectivity index (χ0) is 12.2. The van der Waals surface area contributed by atoms with Crippen molar-refractivity contribution in [1.82, 2.24) is 5.32 Å². The molecule has 0 aromatic carbocycles. The Hall–Kier alpha value is 0.0900. The third-order valence-corrected chi connectivity index (χ3v) is 4.78. The Morgan fingerprint density at radius 1 is 1.50 bits per heavy atom. The third kappa shape index (κ3) is 5.98. The number of nitrogens with one attached hydrogen (secondary N) is 1. The Morgan fingerprint density at radius 2 is 2.19 bits per heavy atom. The van der Waals surface area contributed by atoms with Gasteiger partial charge in [-0.05, 0) is 41.4 Å². The number of halogens is 1. The van der Waals surface area contributed by atoms with Crippen LogP contribution in [0.25, 0.3) is 0 Å². The highest BCUT2D eigenvalue weighted by atomic mass is 79.9. The molecule has 0 aliphatic heterocycles. The van der Waals surface area contributed by atoms with Gasteiger partial charge in [0.2, 0.25) is 0 Å². The summed E-state index contributed by atoms with van der Waals surface area (Å²) in [6, 6.07) is 4.30. The lowest BCUT2D eigenvalue weighted by Gasteiger charge is -2.11. The summed E-state index contributed by atoms with van der Waals surface area (Å²) in [4.78, 5) is 1.25. The van der Waals surface area contributed by atoms with E-state index in [-0.39, 0.29) is 11.8 Å². The zero-order valence-corrected chi connectivity index (χ0v) is 12.6. The predicted octanol–water partition coefficient (Wildman–Crippen LogP) is 2.42. The van der Waals surface area contributed by atoms with Gasteiger partial charge in [-0.1, -0.05) is 0 Å². The van der Waals surface area contributed by atoms with Crippen molar-refractivity contribution in [2.24, 2.45) is 0 Å². The first-order chi connectivity index (χ1) is 7.37. The average Bonchev–Trinajstić information content (AvgIpc) is 2.57.